The standard InChI is InChI=1S/C26H31N5OS2/c1-15-10-12-33-21(15)13-27-25-28-17(3)22(24-29-19-7-5-6-8-20(19)34-24)23(30-25)31-26(4)11-9-18(14-32)16(26)2/h5-8,10,12,16,18,32H,9,11,13-14H2,1-4H3,(H2,27,28,30,31). The molecule has 3 N–H and O–H groups in total. The van der Waals surface area contributed by atoms with Crippen molar-refractivity contribution in [1.29, 1.82) is 0 Å². The molecule has 0 bridgehead atoms. The van der Waals surface area contributed by atoms with Crippen LogP contribution in [-0.2, 0) is 6.54 Å². The lowest BCUT2D eigenvalue weighted by molar-refractivity contribution is 0.187. The summed E-state index contributed by atoms with van der Waals surface area (Å²) < 4.78 is 1.15. The first-order valence-electron chi connectivity index (χ1n) is 11.8. The minimum absolute atomic E-state index is 0.165. The van der Waals surface area contributed by atoms with Crippen LogP contribution < -0.4 is 10.6 Å². The number of aryl methyl sites for hydroxylation is 2. The number of aromatic nitrogens is 3. The fraction of sp³-hybridized carbons (Fsp3) is 0.423. The topological polar surface area (TPSA) is 83.0 Å². The smallest absolute Gasteiger partial charge is 0.225 e. The van der Waals surface area contributed by atoms with Gasteiger partial charge in [0.2, 0.25) is 5.95 Å². The zero-order chi connectivity index (χ0) is 23.9. The monoisotopic (exact) mass is 493 g/mol. The van der Waals surface area contributed by atoms with Crippen LogP contribution in [0.2, 0.25) is 0 Å². The van der Waals surface area contributed by atoms with E-state index in [2.05, 4.69) is 48.9 Å². The highest BCUT2D eigenvalue weighted by atomic mass is 32.1. The molecular formula is C26H31N5OS2. The maximum atomic E-state index is 9.85. The number of para-hydroxylation sites is 1. The van der Waals surface area contributed by atoms with Crippen molar-refractivity contribution in [3.05, 3.63) is 51.8 Å². The van der Waals surface area contributed by atoms with E-state index in [1.165, 1.54) is 10.4 Å². The highest BCUT2D eigenvalue weighted by Gasteiger charge is 2.42. The van der Waals surface area contributed by atoms with Crippen LogP contribution in [0, 0.1) is 25.7 Å². The van der Waals surface area contributed by atoms with E-state index in [1.54, 1.807) is 22.7 Å². The summed E-state index contributed by atoms with van der Waals surface area (Å²) in [7, 11) is 0. The molecule has 1 aromatic carbocycles. The van der Waals surface area contributed by atoms with Crippen molar-refractivity contribution in [2.45, 2.75) is 52.6 Å². The molecule has 1 fully saturated rings. The van der Waals surface area contributed by atoms with E-state index in [0.717, 1.165) is 45.1 Å². The molecule has 1 aliphatic rings. The van der Waals surface area contributed by atoms with Gasteiger partial charge in [0.15, 0.2) is 0 Å². The minimum Gasteiger partial charge on any atom is -0.396 e. The highest BCUT2D eigenvalue weighted by molar-refractivity contribution is 7.21. The maximum absolute atomic E-state index is 9.85. The average Bonchev–Trinajstić information content (AvgIpc) is 3.50. The van der Waals surface area contributed by atoms with Gasteiger partial charge in [-0.15, -0.1) is 22.7 Å². The SMILES string of the molecule is Cc1ccsc1CNc1nc(C)c(-c2nc3ccccc3s2)c(NC2(C)CCC(CO)C2C)n1. The van der Waals surface area contributed by atoms with E-state index in [0.29, 0.717) is 24.3 Å². The van der Waals surface area contributed by atoms with Crippen molar-refractivity contribution in [3.8, 4) is 10.6 Å². The fourth-order valence-corrected chi connectivity index (χ4v) is 6.81. The Morgan fingerprint density at radius 1 is 1.15 bits per heavy atom. The number of rotatable bonds is 7. The molecule has 8 heteroatoms. The van der Waals surface area contributed by atoms with Crippen LogP contribution in [0.15, 0.2) is 35.7 Å². The van der Waals surface area contributed by atoms with E-state index in [9.17, 15) is 5.11 Å². The summed E-state index contributed by atoms with van der Waals surface area (Å²) in [5.74, 6) is 2.04. The first-order valence-corrected chi connectivity index (χ1v) is 13.5. The average molecular weight is 494 g/mol. The Balaban J connectivity index is 1.55. The van der Waals surface area contributed by atoms with Crippen molar-refractivity contribution in [3.63, 3.8) is 0 Å². The molecule has 6 nitrogen and oxygen atoms in total. The number of nitrogens with zero attached hydrogens (tertiary/aromatic N) is 3. The summed E-state index contributed by atoms with van der Waals surface area (Å²) in [6.07, 6.45) is 1.99. The maximum Gasteiger partial charge on any atom is 0.225 e. The Kier molecular flexibility index (Phi) is 6.31. The Labute approximate surface area is 208 Å². The summed E-state index contributed by atoms with van der Waals surface area (Å²) >= 11 is 3.41. The number of aliphatic hydroxyl groups is 1. The molecule has 1 aliphatic carbocycles. The van der Waals surface area contributed by atoms with Gasteiger partial charge >= 0.3 is 0 Å². The van der Waals surface area contributed by atoms with Gasteiger partial charge in [-0.2, -0.15) is 4.98 Å². The number of nitrogens with one attached hydrogen (secondary N) is 2. The molecule has 0 aliphatic heterocycles. The zero-order valence-corrected chi connectivity index (χ0v) is 21.7. The molecular weight excluding hydrogens is 462 g/mol. The van der Waals surface area contributed by atoms with E-state index >= 15 is 0 Å². The number of thiophene rings is 1. The molecule has 1 saturated carbocycles. The molecule has 34 heavy (non-hydrogen) atoms. The number of hydrogen-bond acceptors (Lipinski definition) is 8. The Morgan fingerprint density at radius 2 is 1.97 bits per heavy atom. The van der Waals surface area contributed by atoms with Crippen molar-refractivity contribution in [2.24, 2.45) is 11.8 Å². The summed E-state index contributed by atoms with van der Waals surface area (Å²) in [5, 5.41) is 20.1. The van der Waals surface area contributed by atoms with Crippen molar-refractivity contribution in [1.82, 2.24) is 15.0 Å². The number of aliphatic hydroxyl groups excluding tert-OH is 1. The number of fused-ring (bicyclic) bond motifs is 1. The second-order valence-electron chi connectivity index (χ2n) is 9.54. The summed E-state index contributed by atoms with van der Waals surface area (Å²) in [6.45, 7) is 9.55. The van der Waals surface area contributed by atoms with E-state index in [4.69, 9.17) is 15.0 Å². The summed E-state index contributed by atoms with van der Waals surface area (Å²) in [5.41, 5.74) is 3.96. The molecule has 3 unspecified atom stereocenters. The van der Waals surface area contributed by atoms with Crippen LogP contribution in [-0.4, -0.2) is 32.2 Å². The summed E-state index contributed by atoms with van der Waals surface area (Å²) in [4.78, 5) is 16.0. The molecule has 0 amide bonds. The van der Waals surface area contributed by atoms with E-state index < -0.39 is 0 Å². The molecule has 3 aromatic heterocycles. The molecule has 5 rings (SSSR count). The van der Waals surface area contributed by atoms with Gasteiger partial charge in [-0.1, -0.05) is 19.1 Å². The predicted molar refractivity (Wildman–Crippen MR) is 143 cm³/mol. The molecule has 0 saturated heterocycles. The third-order valence-electron chi connectivity index (χ3n) is 7.36. The predicted octanol–water partition coefficient (Wildman–Crippen LogP) is 6.25. The molecule has 4 aromatic rings. The first-order chi connectivity index (χ1) is 16.4. The molecule has 0 radical (unpaired) electrons. The van der Waals surface area contributed by atoms with Crippen LogP contribution in [0.1, 0.15) is 42.8 Å². The van der Waals surface area contributed by atoms with Crippen LogP contribution in [0.3, 0.4) is 0 Å². The largest absolute Gasteiger partial charge is 0.396 e. The van der Waals surface area contributed by atoms with E-state index in [1.807, 2.05) is 25.1 Å². The fourth-order valence-electron chi connectivity index (χ4n) is 4.90. The van der Waals surface area contributed by atoms with Gasteiger partial charge in [-0.3, -0.25) is 0 Å². The van der Waals surface area contributed by atoms with Gasteiger partial charge in [0, 0.05) is 17.0 Å². The third kappa shape index (κ3) is 4.30. The lowest BCUT2D eigenvalue weighted by atomic mass is 9.86. The highest BCUT2D eigenvalue weighted by Crippen LogP contribution is 2.44. The van der Waals surface area contributed by atoms with Gasteiger partial charge in [-0.05, 0) is 74.6 Å². The Morgan fingerprint density at radius 3 is 2.68 bits per heavy atom. The summed E-state index contributed by atoms with van der Waals surface area (Å²) in [6, 6.07) is 10.3. The van der Waals surface area contributed by atoms with Gasteiger partial charge in [0.05, 0.1) is 28.0 Å². The molecule has 178 valence electrons. The van der Waals surface area contributed by atoms with Crippen LogP contribution in [0.5, 0.6) is 0 Å². The lowest BCUT2D eigenvalue weighted by Crippen LogP contribution is -2.40. The number of benzene rings is 1. The molecule has 3 atom stereocenters. The number of thiazole rings is 1. The van der Waals surface area contributed by atoms with Gasteiger partial charge in [-0.25, -0.2) is 9.97 Å². The van der Waals surface area contributed by atoms with E-state index in [-0.39, 0.29) is 12.1 Å². The molecule has 0 spiro atoms. The second-order valence-corrected chi connectivity index (χ2v) is 11.6. The van der Waals surface area contributed by atoms with Gasteiger partial charge in [0.25, 0.3) is 0 Å². The van der Waals surface area contributed by atoms with Crippen LogP contribution >= 0.6 is 22.7 Å². The lowest BCUT2D eigenvalue weighted by Gasteiger charge is -2.34. The quantitative estimate of drug-likeness (QED) is 0.282. The number of anilines is 2. The molecule has 3 heterocycles. The Hall–Kier alpha value is -2.55. The Bertz CT molecular complexity index is 1280. The third-order valence-corrected chi connectivity index (χ3v) is 9.43. The van der Waals surface area contributed by atoms with Crippen molar-refractivity contribution in [2.75, 3.05) is 17.2 Å². The van der Waals surface area contributed by atoms with Crippen molar-refractivity contribution >= 4 is 44.7 Å². The second kappa shape index (κ2) is 9.24. The number of hydrogen-bond donors (Lipinski definition) is 3. The van der Waals surface area contributed by atoms with Crippen LogP contribution in [0.4, 0.5) is 11.8 Å². The zero-order valence-electron chi connectivity index (χ0n) is 20.1. The minimum atomic E-state index is -0.165. The normalized spacial score (nSPS) is 22.4. The first kappa shape index (κ1) is 23.2. The van der Waals surface area contributed by atoms with Crippen molar-refractivity contribution < 1.29 is 5.11 Å². The van der Waals surface area contributed by atoms with Crippen LogP contribution in [0.25, 0.3) is 20.8 Å². The van der Waals surface area contributed by atoms with Gasteiger partial charge in [0.1, 0.15) is 10.8 Å². The van der Waals surface area contributed by atoms with Gasteiger partial charge < -0.3 is 15.7 Å².